The SMILES string of the molecule is Oc1cccc2c1C=CCN=N2. The van der Waals surface area contributed by atoms with Crippen molar-refractivity contribution in [1.82, 2.24) is 0 Å². The fourth-order valence-electron chi connectivity index (χ4n) is 1.13. The van der Waals surface area contributed by atoms with Crippen molar-refractivity contribution >= 4 is 11.8 Å². The monoisotopic (exact) mass is 160 g/mol. The van der Waals surface area contributed by atoms with Gasteiger partial charge in [0.05, 0.1) is 12.2 Å². The van der Waals surface area contributed by atoms with E-state index in [9.17, 15) is 5.11 Å². The number of hydrogen-bond donors (Lipinski definition) is 1. The van der Waals surface area contributed by atoms with Gasteiger partial charge in [0, 0.05) is 5.56 Å². The van der Waals surface area contributed by atoms with Crippen LogP contribution < -0.4 is 0 Å². The van der Waals surface area contributed by atoms with Crippen LogP contribution in [0.5, 0.6) is 5.75 Å². The Morgan fingerprint density at radius 2 is 2.25 bits per heavy atom. The molecular weight excluding hydrogens is 152 g/mol. The first-order chi connectivity index (χ1) is 5.88. The Kier molecular flexibility index (Phi) is 1.63. The predicted molar refractivity (Wildman–Crippen MR) is 46.5 cm³/mol. The van der Waals surface area contributed by atoms with E-state index in [4.69, 9.17) is 0 Å². The Morgan fingerprint density at radius 3 is 3.17 bits per heavy atom. The first kappa shape index (κ1) is 7.03. The molecule has 1 heterocycles. The zero-order valence-electron chi connectivity index (χ0n) is 6.44. The maximum Gasteiger partial charge on any atom is 0.125 e. The lowest BCUT2D eigenvalue weighted by Crippen LogP contribution is -1.74. The maximum atomic E-state index is 9.43. The second-order valence-electron chi connectivity index (χ2n) is 2.54. The molecule has 0 spiro atoms. The highest BCUT2D eigenvalue weighted by Gasteiger charge is 2.04. The van der Waals surface area contributed by atoms with E-state index in [2.05, 4.69) is 10.2 Å². The van der Waals surface area contributed by atoms with Crippen molar-refractivity contribution in [3.8, 4) is 5.75 Å². The van der Waals surface area contributed by atoms with Gasteiger partial charge in [-0.1, -0.05) is 18.2 Å². The van der Waals surface area contributed by atoms with Crippen LogP contribution >= 0.6 is 0 Å². The molecule has 60 valence electrons. The van der Waals surface area contributed by atoms with E-state index >= 15 is 0 Å². The smallest absolute Gasteiger partial charge is 0.125 e. The van der Waals surface area contributed by atoms with Crippen LogP contribution in [0.1, 0.15) is 5.56 Å². The van der Waals surface area contributed by atoms with Crippen molar-refractivity contribution in [2.45, 2.75) is 0 Å². The number of phenols is 1. The molecule has 0 aliphatic carbocycles. The zero-order chi connectivity index (χ0) is 8.39. The van der Waals surface area contributed by atoms with Gasteiger partial charge in [-0.3, -0.25) is 0 Å². The maximum absolute atomic E-state index is 9.43. The van der Waals surface area contributed by atoms with Crippen LogP contribution in [0.3, 0.4) is 0 Å². The Morgan fingerprint density at radius 1 is 1.33 bits per heavy atom. The molecule has 1 aliphatic heterocycles. The summed E-state index contributed by atoms with van der Waals surface area (Å²) < 4.78 is 0. The second kappa shape index (κ2) is 2.77. The van der Waals surface area contributed by atoms with Crippen LogP contribution in [0.4, 0.5) is 5.69 Å². The summed E-state index contributed by atoms with van der Waals surface area (Å²) in [5.41, 5.74) is 1.47. The molecular formula is C9H8N2O. The van der Waals surface area contributed by atoms with E-state index < -0.39 is 0 Å². The third kappa shape index (κ3) is 1.09. The molecule has 1 N–H and O–H groups in total. The zero-order valence-corrected chi connectivity index (χ0v) is 6.44. The lowest BCUT2D eigenvalue weighted by molar-refractivity contribution is 0.474. The fourth-order valence-corrected chi connectivity index (χ4v) is 1.13. The summed E-state index contributed by atoms with van der Waals surface area (Å²) in [6.45, 7) is 0.578. The third-order valence-electron chi connectivity index (χ3n) is 1.71. The van der Waals surface area contributed by atoms with Crippen LogP contribution in [0.25, 0.3) is 6.08 Å². The Hall–Kier alpha value is -1.64. The van der Waals surface area contributed by atoms with E-state index in [-0.39, 0.29) is 5.75 Å². The normalized spacial score (nSPS) is 14.0. The molecule has 0 fully saturated rings. The number of phenolic OH excluding ortho intramolecular Hbond substituents is 1. The third-order valence-corrected chi connectivity index (χ3v) is 1.71. The van der Waals surface area contributed by atoms with Crippen molar-refractivity contribution in [2.75, 3.05) is 6.54 Å². The van der Waals surface area contributed by atoms with Gasteiger partial charge < -0.3 is 5.11 Å². The highest BCUT2D eigenvalue weighted by Crippen LogP contribution is 2.30. The molecule has 0 radical (unpaired) electrons. The average Bonchev–Trinajstić information content (AvgIpc) is 2.30. The van der Waals surface area contributed by atoms with Gasteiger partial charge in [-0.2, -0.15) is 10.2 Å². The molecule has 0 amide bonds. The van der Waals surface area contributed by atoms with Gasteiger partial charge in [0.1, 0.15) is 5.75 Å². The molecule has 0 atom stereocenters. The lowest BCUT2D eigenvalue weighted by atomic mass is 10.1. The topological polar surface area (TPSA) is 45.0 Å². The summed E-state index contributed by atoms with van der Waals surface area (Å²) in [4.78, 5) is 0. The second-order valence-corrected chi connectivity index (χ2v) is 2.54. The van der Waals surface area contributed by atoms with E-state index in [1.54, 1.807) is 12.1 Å². The Bertz CT molecular complexity index is 356. The number of azo groups is 1. The highest BCUT2D eigenvalue weighted by molar-refractivity contribution is 5.69. The molecule has 12 heavy (non-hydrogen) atoms. The molecule has 2 rings (SSSR count). The van der Waals surface area contributed by atoms with Crippen LogP contribution in [0.15, 0.2) is 34.5 Å². The average molecular weight is 160 g/mol. The van der Waals surface area contributed by atoms with Crippen molar-refractivity contribution < 1.29 is 5.11 Å². The Labute approximate surface area is 70.1 Å². The molecule has 0 saturated heterocycles. The largest absolute Gasteiger partial charge is 0.507 e. The minimum absolute atomic E-state index is 0.254. The van der Waals surface area contributed by atoms with Crippen LogP contribution in [0.2, 0.25) is 0 Å². The van der Waals surface area contributed by atoms with Gasteiger partial charge >= 0.3 is 0 Å². The standard InChI is InChI=1S/C9H8N2O/c12-9-5-1-4-8-7(9)3-2-6-10-11-8/h1-5,12H,6H2. The fraction of sp³-hybridized carbons (Fsp3) is 0.111. The number of benzene rings is 1. The lowest BCUT2D eigenvalue weighted by Gasteiger charge is -1.99. The minimum Gasteiger partial charge on any atom is -0.507 e. The summed E-state index contributed by atoms with van der Waals surface area (Å²) in [5.74, 6) is 0.254. The van der Waals surface area contributed by atoms with Gasteiger partial charge in [-0.25, -0.2) is 0 Å². The van der Waals surface area contributed by atoms with Gasteiger partial charge in [-0.05, 0) is 12.1 Å². The van der Waals surface area contributed by atoms with E-state index in [0.717, 1.165) is 11.3 Å². The van der Waals surface area contributed by atoms with E-state index in [0.29, 0.717) is 6.54 Å². The number of nitrogens with zero attached hydrogens (tertiary/aromatic N) is 2. The summed E-state index contributed by atoms with van der Waals surface area (Å²) in [7, 11) is 0. The van der Waals surface area contributed by atoms with Crippen molar-refractivity contribution in [3.63, 3.8) is 0 Å². The van der Waals surface area contributed by atoms with E-state index in [1.165, 1.54) is 0 Å². The molecule has 0 saturated carbocycles. The first-order valence-electron chi connectivity index (χ1n) is 3.74. The number of aromatic hydroxyl groups is 1. The predicted octanol–water partition coefficient (Wildman–Crippen LogP) is 2.50. The van der Waals surface area contributed by atoms with Crippen molar-refractivity contribution in [3.05, 3.63) is 29.8 Å². The molecule has 1 aromatic rings. The van der Waals surface area contributed by atoms with Gasteiger partial charge in [0.25, 0.3) is 0 Å². The first-order valence-corrected chi connectivity index (χ1v) is 3.74. The molecule has 0 bridgehead atoms. The number of hydrogen-bond acceptors (Lipinski definition) is 3. The van der Waals surface area contributed by atoms with Crippen molar-refractivity contribution in [2.24, 2.45) is 10.2 Å². The minimum atomic E-state index is 0.254. The number of rotatable bonds is 0. The van der Waals surface area contributed by atoms with Gasteiger partial charge in [-0.15, -0.1) is 0 Å². The molecule has 3 heteroatoms. The molecule has 0 aromatic heterocycles. The number of fused-ring (bicyclic) bond motifs is 1. The molecule has 3 nitrogen and oxygen atoms in total. The highest BCUT2D eigenvalue weighted by atomic mass is 16.3. The Balaban J connectivity index is 2.65. The van der Waals surface area contributed by atoms with Crippen molar-refractivity contribution in [1.29, 1.82) is 0 Å². The van der Waals surface area contributed by atoms with Crippen LogP contribution in [-0.2, 0) is 0 Å². The van der Waals surface area contributed by atoms with E-state index in [1.807, 2.05) is 18.2 Å². The van der Waals surface area contributed by atoms with Gasteiger partial charge in [0.2, 0.25) is 0 Å². The summed E-state index contributed by atoms with van der Waals surface area (Å²) >= 11 is 0. The van der Waals surface area contributed by atoms with Crippen LogP contribution in [-0.4, -0.2) is 11.7 Å². The quantitative estimate of drug-likeness (QED) is 0.622. The molecule has 1 aliphatic rings. The molecule has 1 aromatic carbocycles. The summed E-state index contributed by atoms with van der Waals surface area (Å²) in [5, 5.41) is 17.3. The molecule has 0 unspecified atom stereocenters. The van der Waals surface area contributed by atoms with Crippen LogP contribution in [0, 0.1) is 0 Å². The van der Waals surface area contributed by atoms with Gasteiger partial charge in [0.15, 0.2) is 0 Å². The summed E-state index contributed by atoms with van der Waals surface area (Å²) in [6, 6.07) is 5.23. The summed E-state index contributed by atoms with van der Waals surface area (Å²) in [6.07, 6.45) is 3.71.